The molecule has 226 valence electrons. The number of ketones is 2. The Balaban J connectivity index is 1.37. The first kappa shape index (κ1) is 31.2. The molecular weight excluding hydrogens is 577 g/mol. The van der Waals surface area contributed by atoms with Crippen molar-refractivity contribution in [2.75, 3.05) is 29.7 Å². The molecule has 0 radical (unpaired) electrons. The maximum Gasteiger partial charge on any atom is 0.302 e. The third-order valence-corrected chi connectivity index (χ3v) is 13.1. The van der Waals surface area contributed by atoms with Gasteiger partial charge in [0.25, 0.3) is 0 Å². The second-order valence-electron chi connectivity index (χ2n) is 13.4. The highest BCUT2D eigenvalue weighted by Crippen LogP contribution is 2.68. The molecule has 0 heterocycles. The lowest BCUT2D eigenvalue weighted by Gasteiger charge is -2.60. The zero-order valence-electron chi connectivity index (χ0n) is 24.9. The molecule has 0 unspecified atom stereocenters. The van der Waals surface area contributed by atoms with Gasteiger partial charge in [-0.3, -0.25) is 14.4 Å². The quantitative estimate of drug-likeness (QED) is 0.211. The van der Waals surface area contributed by atoms with Gasteiger partial charge in [0.05, 0.1) is 0 Å². The van der Waals surface area contributed by atoms with Crippen LogP contribution in [0.25, 0.3) is 0 Å². The fourth-order valence-electron chi connectivity index (χ4n) is 9.56. The molecule has 4 fully saturated rings. The number of ether oxygens (including phenoxy) is 1. The van der Waals surface area contributed by atoms with Gasteiger partial charge in [-0.2, -0.15) is 0 Å². The van der Waals surface area contributed by atoms with Crippen molar-refractivity contribution in [3.05, 3.63) is 24.3 Å². The lowest BCUT2D eigenvalue weighted by atomic mass is 9.44. The average molecular weight is 623 g/mol. The molecule has 9 atom stereocenters. The van der Waals surface area contributed by atoms with Crippen LogP contribution >= 0.6 is 35.0 Å². The van der Waals surface area contributed by atoms with E-state index in [0.29, 0.717) is 41.7 Å². The third kappa shape index (κ3) is 5.71. The maximum atomic E-state index is 14.2. The summed E-state index contributed by atoms with van der Waals surface area (Å²) in [7, 11) is 0. The number of nitrogens with zero attached hydrogens (tertiary/aromatic N) is 1. The number of carbonyl (C=O) groups excluding carboxylic acids is 3. The first-order chi connectivity index (χ1) is 19.5. The van der Waals surface area contributed by atoms with Crippen molar-refractivity contribution in [2.45, 2.75) is 88.9 Å². The van der Waals surface area contributed by atoms with Gasteiger partial charge < -0.3 is 9.64 Å². The minimum Gasteiger partial charge on any atom is -0.463 e. The summed E-state index contributed by atoms with van der Waals surface area (Å²) in [6, 6.07) is 8.50. The average Bonchev–Trinajstić information content (AvgIpc) is 3.23. The molecule has 4 aliphatic rings. The van der Waals surface area contributed by atoms with E-state index in [9.17, 15) is 14.4 Å². The summed E-state index contributed by atoms with van der Waals surface area (Å²) in [4.78, 5) is 42.4. The van der Waals surface area contributed by atoms with Crippen LogP contribution in [0.3, 0.4) is 0 Å². The number of halogens is 2. The predicted octanol–water partition coefficient (Wildman–Crippen LogP) is 7.40. The molecule has 0 spiro atoms. The number of anilines is 1. The molecule has 8 heteroatoms. The third-order valence-electron chi connectivity index (χ3n) is 11.5. The molecule has 0 N–H and O–H groups in total. The monoisotopic (exact) mass is 621 g/mol. The number of fused-ring (bicyclic) bond motifs is 5. The SMILES string of the molecule is CC(=O)O[C@H]1CC[C@@]2(C)[C@@H](CC[C@@H]3[C@@H]2CC(=O)[C@@]2(C)[C@H]3C[C@@H](Sc3ccc(N(CCCl)CCCl)cc3)[C@@H]2C(C)=O)C1. The number of hydrogen-bond acceptors (Lipinski definition) is 6. The van der Waals surface area contributed by atoms with Crippen LogP contribution in [0.1, 0.15) is 72.6 Å². The zero-order valence-corrected chi connectivity index (χ0v) is 27.2. The summed E-state index contributed by atoms with van der Waals surface area (Å²) in [5, 5.41) is 0.0862. The van der Waals surface area contributed by atoms with Crippen LogP contribution in [-0.2, 0) is 19.1 Å². The van der Waals surface area contributed by atoms with E-state index in [1.165, 1.54) is 6.92 Å². The van der Waals surface area contributed by atoms with Crippen molar-refractivity contribution in [3.8, 4) is 0 Å². The molecule has 0 aromatic heterocycles. The Labute approximate surface area is 259 Å². The van der Waals surface area contributed by atoms with Crippen LogP contribution in [-0.4, -0.2) is 53.7 Å². The molecule has 4 aliphatic carbocycles. The molecule has 1 aromatic carbocycles. The highest BCUT2D eigenvalue weighted by Gasteiger charge is 2.66. The number of Topliss-reactive ketones (excluding diaryl/α,β-unsaturated/α-hetero) is 2. The number of rotatable bonds is 9. The summed E-state index contributed by atoms with van der Waals surface area (Å²) in [5.74, 6) is 2.57. The van der Waals surface area contributed by atoms with E-state index in [1.807, 2.05) is 0 Å². The van der Waals surface area contributed by atoms with Crippen molar-refractivity contribution < 1.29 is 19.1 Å². The molecular formula is C33H45Cl2NO4S. The molecule has 4 saturated carbocycles. The van der Waals surface area contributed by atoms with E-state index in [1.54, 1.807) is 18.7 Å². The number of benzene rings is 1. The first-order valence-electron chi connectivity index (χ1n) is 15.4. The van der Waals surface area contributed by atoms with Crippen molar-refractivity contribution in [1.29, 1.82) is 0 Å². The second-order valence-corrected chi connectivity index (χ2v) is 15.5. The van der Waals surface area contributed by atoms with Crippen molar-refractivity contribution >= 4 is 58.2 Å². The number of thioether (sulfide) groups is 1. The Morgan fingerprint density at radius 2 is 1.68 bits per heavy atom. The molecule has 0 saturated heterocycles. The van der Waals surface area contributed by atoms with Crippen LogP contribution in [0, 0.1) is 40.4 Å². The molecule has 5 nitrogen and oxygen atoms in total. The molecule has 41 heavy (non-hydrogen) atoms. The standard InChI is InChI=1S/C33H45Cl2NO4S/c1-20(37)31-29(41-25-8-6-23(7-9-25)36(15-13-34)16-14-35)18-28-26-10-5-22-17-24(40-21(2)38)11-12-32(22,3)27(26)19-30(39)33(28,31)4/h6-9,22,24,26-29,31H,5,10-19H2,1-4H3/t22-,24-,26+,27-,28-,29+,31-,32-,33+/m0/s1. The highest BCUT2D eigenvalue weighted by molar-refractivity contribution is 8.00. The molecule has 1 aromatic rings. The van der Waals surface area contributed by atoms with Crippen molar-refractivity contribution in [3.63, 3.8) is 0 Å². The summed E-state index contributed by atoms with van der Waals surface area (Å²) in [6.07, 6.45) is 6.48. The van der Waals surface area contributed by atoms with E-state index in [2.05, 4.69) is 43.0 Å². The van der Waals surface area contributed by atoms with Crippen molar-refractivity contribution in [1.82, 2.24) is 0 Å². The second kappa shape index (κ2) is 12.4. The Kier molecular flexibility index (Phi) is 9.43. The minimum absolute atomic E-state index is 0.00405. The fourth-order valence-corrected chi connectivity index (χ4v) is 11.5. The van der Waals surface area contributed by atoms with Gasteiger partial charge in [-0.15, -0.1) is 35.0 Å². The topological polar surface area (TPSA) is 63.7 Å². The van der Waals surface area contributed by atoms with Gasteiger partial charge in [0.15, 0.2) is 0 Å². The highest BCUT2D eigenvalue weighted by atomic mass is 35.5. The van der Waals surface area contributed by atoms with Crippen LogP contribution in [0.5, 0.6) is 0 Å². The number of hydrogen-bond donors (Lipinski definition) is 0. The normalized spacial score (nSPS) is 38.0. The lowest BCUT2D eigenvalue weighted by Crippen LogP contribution is -2.57. The van der Waals surface area contributed by atoms with E-state index in [-0.39, 0.29) is 40.4 Å². The van der Waals surface area contributed by atoms with Gasteiger partial charge in [0.2, 0.25) is 0 Å². The van der Waals surface area contributed by atoms with Gasteiger partial charge in [0, 0.05) is 65.4 Å². The van der Waals surface area contributed by atoms with E-state index in [4.69, 9.17) is 27.9 Å². The van der Waals surface area contributed by atoms with E-state index >= 15 is 0 Å². The molecule has 0 bridgehead atoms. The van der Waals surface area contributed by atoms with Crippen LogP contribution in [0.2, 0.25) is 0 Å². The predicted molar refractivity (Wildman–Crippen MR) is 167 cm³/mol. The number of esters is 1. The smallest absolute Gasteiger partial charge is 0.302 e. The number of carbonyl (C=O) groups is 3. The lowest BCUT2D eigenvalue weighted by molar-refractivity contribution is -0.167. The van der Waals surface area contributed by atoms with E-state index < -0.39 is 5.41 Å². The summed E-state index contributed by atoms with van der Waals surface area (Å²) in [5.41, 5.74) is 0.582. The Hall–Kier alpha value is -1.24. The minimum atomic E-state index is -0.597. The molecule has 0 amide bonds. The molecule has 0 aliphatic heterocycles. The fraction of sp³-hybridized carbons (Fsp3) is 0.727. The molecule has 5 rings (SSSR count). The van der Waals surface area contributed by atoms with Gasteiger partial charge in [-0.05, 0) is 98.8 Å². The van der Waals surface area contributed by atoms with Crippen LogP contribution < -0.4 is 4.90 Å². The van der Waals surface area contributed by atoms with Crippen LogP contribution in [0.15, 0.2) is 29.2 Å². The zero-order chi connectivity index (χ0) is 29.5. The Morgan fingerprint density at radius 3 is 2.29 bits per heavy atom. The van der Waals surface area contributed by atoms with Crippen LogP contribution in [0.4, 0.5) is 5.69 Å². The Morgan fingerprint density at radius 1 is 1.00 bits per heavy atom. The number of alkyl halides is 2. The van der Waals surface area contributed by atoms with E-state index in [0.717, 1.165) is 62.2 Å². The largest absolute Gasteiger partial charge is 0.463 e. The van der Waals surface area contributed by atoms with Gasteiger partial charge in [-0.1, -0.05) is 13.8 Å². The summed E-state index contributed by atoms with van der Waals surface area (Å²) < 4.78 is 5.62. The van der Waals surface area contributed by atoms with Gasteiger partial charge in [0.1, 0.15) is 17.7 Å². The first-order valence-corrected chi connectivity index (χ1v) is 17.3. The van der Waals surface area contributed by atoms with Crippen molar-refractivity contribution in [2.24, 2.45) is 40.4 Å². The summed E-state index contributed by atoms with van der Waals surface area (Å²) in [6.45, 7) is 9.19. The van der Waals surface area contributed by atoms with Gasteiger partial charge >= 0.3 is 5.97 Å². The van der Waals surface area contributed by atoms with Gasteiger partial charge in [-0.25, -0.2) is 0 Å². The Bertz CT molecular complexity index is 1140. The maximum absolute atomic E-state index is 14.2. The summed E-state index contributed by atoms with van der Waals surface area (Å²) >= 11 is 13.8.